The third-order valence-corrected chi connectivity index (χ3v) is 7.81. The van der Waals surface area contributed by atoms with Crippen molar-refractivity contribution in [2.45, 2.75) is 72.1 Å². The van der Waals surface area contributed by atoms with E-state index in [2.05, 4.69) is 45.2 Å². The minimum atomic E-state index is -0.462. The third-order valence-electron chi connectivity index (χ3n) is 7.81. The Morgan fingerprint density at radius 3 is 1.98 bits per heavy atom. The Kier molecular flexibility index (Phi) is 25.1. The molecule has 1 atom stereocenters. The van der Waals surface area contributed by atoms with Gasteiger partial charge in [0.25, 0.3) is 12.9 Å². The van der Waals surface area contributed by atoms with E-state index in [1.165, 1.54) is 14.2 Å². The molecule has 4 N–H and O–H groups in total. The normalized spacial score (nSPS) is 14.9. The van der Waals surface area contributed by atoms with Crippen molar-refractivity contribution >= 4 is 31.4 Å². The highest BCUT2D eigenvalue weighted by Crippen LogP contribution is 2.28. The fourth-order valence-electron chi connectivity index (χ4n) is 4.95. The van der Waals surface area contributed by atoms with Crippen molar-refractivity contribution < 1.29 is 43.3 Å². The molecule has 2 fully saturated rings. The Bertz CT molecular complexity index is 1390. The molecule has 0 aromatic heterocycles. The molecule has 2 aromatic rings. The summed E-state index contributed by atoms with van der Waals surface area (Å²) in [6, 6.07) is 16.4. The summed E-state index contributed by atoms with van der Waals surface area (Å²) in [5.74, 6) is 3.24. The van der Waals surface area contributed by atoms with Crippen LogP contribution >= 0.6 is 0 Å². The second-order valence-corrected chi connectivity index (χ2v) is 13.9. The number of hydrogen-bond donors (Lipinski definition) is 3. The van der Waals surface area contributed by atoms with Crippen LogP contribution in [0.15, 0.2) is 54.6 Å². The second-order valence-electron chi connectivity index (χ2n) is 13.9. The smallest absolute Gasteiger partial charge is 0.410 e. The number of piperazine rings is 1. The van der Waals surface area contributed by atoms with Crippen molar-refractivity contribution in [1.29, 1.82) is 0 Å². The molecule has 300 valence electrons. The molecule has 2 heterocycles. The summed E-state index contributed by atoms with van der Waals surface area (Å²) < 4.78 is 13.8. The van der Waals surface area contributed by atoms with E-state index < -0.39 is 5.60 Å². The molecule has 2 aliphatic heterocycles. The summed E-state index contributed by atoms with van der Waals surface area (Å²) in [6.45, 7) is 16.3. The van der Waals surface area contributed by atoms with E-state index in [9.17, 15) is 24.3 Å². The van der Waals surface area contributed by atoms with Gasteiger partial charge in [-0.05, 0) is 82.4 Å². The average molecular weight is 756 g/mol. The number of aliphatic hydroxyl groups is 1. The molecule has 14 heteroatoms. The van der Waals surface area contributed by atoms with Gasteiger partial charge in [0.05, 0.1) is 13.2 Å². The number of benzene rings is 2. The first-order valence-corrected chi connectivity index (χ1v) is 17.7. The zero-order valence-corrected chi connectivity index (χ0v) is 33.0. The van der Waals surface area contributed by atoms with Crippen LogP contribution in [-0.2, 0) is 35.2 Å². The molecule has 2 aromatic carbocycles. The number of carbonyl (C=O) groups excluding carboxylic acids is 5. The van der Waals surface area contributed by atoms with Crippen LogP contribution in [-0.4, -0.2) is 123 Å². The molecule has 1 unspecified atom stereocenters. The van der Waals surface area contributed by atoms with E-state index in [-0.39, 0.29) is 23.5 Å². The van der Waals surface area contributed by atoms with Gasteiger partial charge in [0.15, 0.2) is 0 Å². The summed E-state index contributed by atoms with van der Waals surface area (Å²) in [6.07, 6.45) is 7.39. The number of carbonyl (C=O) groups is 5. The van der Waals surface area contributed by atoms with Crippen molar-refractivity contribution in [2.24, 2.45) is 11.1 Å². The predicted octanol–water partition coefficient (Wildman–Crippen LogP) is 3.44. The molecular weight excluding hydrogens is 694 g/mol. The van der Waals surface area contributed by atoms with Gasteiger partial charge in [-0.3, -0.25) is 24.1 Å². The Hall–Kier alpha value is -4.97. The van der Waals surface area contributed by atoms with E-state index in [4.69, 9.17) is 16.0 Å². The van der Waals surface area contributed by atoms with Crippen LogP contribution in [0.25, 0.3) is 0 Å². The highest BCUT2D eigenvalue weighted by molar-refractivity contribution is 5.77. The first kappa shape index (κ1) is 49.0. The first-order chi connectivity index (χ1) is 25.7. The summed E-state index contributed by atoms with van der Waals surface area (Å²) in [5.41, 5.74) is 5.86. The van der Waals surface area contributed by atoms with E-state index in [0.717, 1.165) is 37.2 Å². The maximum atomic E-state index is 12.4. The van der Waals surface area contributed by atoms with Crippen molar-refractivity contribution in [3.63, 3.8) is 0 Å². The Morgan fingerprint density at radius 1 is 0.926 bits per heavy atom. The zero-order valence-electron chi connectivity index (χ0n) is 33.0. The molecule has 14 nitrogen and oxygen atoms in total. The van der Waals surface area contributed by atoms with Crippen molar-refractivity contribution in [1.82, 2.24) is 20.0 Å². The monoisotopic (exact) mass is 755 g/mol. The van der Waals surface area contributed by atoms with Crippen LogP contribution in [0.1, 0.15) is 65.0 Å². The maximum Gasteiger partial charge on any atom is 0.410 e. The number of nitrogens with two attached hydrogens (primary N) is 1. The Balaban J connectivity index is 0.000000849. The maximum absolute atomic E-state index is 12.4. The number of likely N-dealkylation sites (tertiary alicyclic amines) is 1. The summed E-state index contributed by atoms with van der Waals surface area (Å²) in [7, 11) is 2.81. The molecule has 0 radical (unpaired) electrons. The number of hydrogen-bond acceptors (Lipinski definition) is 11. The van der Waals surface area contributed by atoms with Gasteiger partial charge < -0.3 is 40.2 Å². The van der Waals surface area contributed by atoms with Crippen LogP contribution in [0.5, 0.6) is 5.75 Å². The van der Waals surface area contributed by atoms with Gasteiger partial charge in [0, 0.05) is 57.8 Å². The summed E-state index contributed by atoms with van der Waals surface area (Å²) >= 11 is 0. The average Bonchev–Trinajstić information content (AvgIpc) is 3.61. The quantitative estimate of drug-likeness (QED) is 0.226. The number of nitrogens with zero attached hydrogens (tertiary/aromatic N) is 3. The van der Waals surface area contributed by atoms with Gasteiger partial charge >= 0.3 is 6.09 Å². The summed E-state index contributed by atoms with van der Waals surface area (Å²) in [5, 5.41) is 12.2. The number of terminal acetylenes is 1. The lowest BCUT2D eigenvalue weighted by Crippen LogP contribution is -2.50. The van der Waals surface area contributed by atoms with E-state index in [1.807, 2.05) is 51.1 Å². The fraction of sp³-hybridized carbons (Fsp3) is 0.525. The van der Waals surface area contributed by atoms with Crippen molar-refractivity contribution in [2.75, 3.05) is 60.0 Å². The number of β-amino-alcohol motifs (C(OH)–C–C–N with tert-alkyl or cyclic N) is 1. The van der Waals surface area contributed by atoms with Gasteiger partial charge in [0.2, 0.25) is 12.3 Å². The fourth-order valence-corrected chi connectivity index (χ4v) is 4.95. The standard InChI is InChI=1S/C20H37N3O4.C10H9NO.C7H6O2.C2H4O2.CH5N/c1-19(2,3)27-18(26)22-12-10-21(11-13-22)9-7-20(4,5)14-17(25)23-8-6-16(24)15-23;1-2-9-3-5-10(6-4-9)7-11-8-12;8-6-9-7-4-2-1-3-5-7;1-4-2-3;1-2/h16,24H,6-15H2,1-5H3;1,3-6,8H,7H2,(H,11,12);1-6H;2H,1H3;2H2,1H3. The Labute approximate surface area is 321 Å². The SMILES string of the molecule is C#Cc1ccc(CNC=O)cc1.CC(C)(CCN1CCN(C(=O)OC(C)(C)C)CC1)CC(=O)N1CCC(O)C1.CN.COC=O.O=COc1ccccc1. The number of para-hydroxylation sites is 1. The highest BCUT2D eigenvalue weighted by Gasteiger charge is 2.31. The molecule has 0 bridgehead atoms. The van der Waals surface area contributed by atoms with Crippen LogP contribution < -0.4 is 15.8 Å². The lowest BCUT2D eigenvalue weighted by molar-refractivity contribution is -0.132. The minimum absolute atomic E-state index is 0.0765. The number of methoxy groups -OCH3 is 1. The van der Waals surface area contributed by atoms with Crippen molar-refractivity contribution in [3.05, 3.63) is 65.7 Å². The molecule has 4 rings (SSSR count). The Morgan fingerprint density at radius 2 is 1.52 bits per heavy atom. The molecule has 0 aliphatic carbocycles. The molecule has 2 aliphatic rings. The highest BCUT2D eigenvalue weighted by atomic mass is 16.6. The van der Waals surface area contributed by atoms with Crippen LogP contribution in [0.4, 0.5) is 4.79 Å². The second kappa shape index (κ2) is 27.6. The minimum Gasteiger partial charge on any atom is -0.471 e. The van der Waals surface area contributed by atoms with Crippen molar-refractivity contribution in [3.8, 4) is 18.1 Å². The van der Waals surface area contributed by atoms with Crippen LogP contribution in [0, 0.1) is 17.8 Å². The number of nitrogens with one attached hydrogen (secondary N) is 1. The number of rotatable bonds is 11. The summed E-state index contributed by atoms with van der Waals surface area (Å²) in [4.78, 5) is 59.1. The van der Waals surface area contributed by atoms with Gasteiger partial charge in [-0.25, -0.2) is 4.79 Å². The number of ether oxygens (including phenoxy) is 3. The molecular formula is C40H61N5O9. The van der Waals surface area contributed by atoms with Crippen LogP contribution in [0.2, 0.25) is 0 Å². The number of aliphatic hydroxyl groups excluding tert-OH is 1. The predicted molar refractivity (Wildman–Crippen MR) is 208 cm³/mol. The van der Waals surface area contributed by atoms with E-state index in [0.29, 0.717) is 70.7 Å². The van der Waals surface area contributed by atoms with Gasteiger partial charge in [-0.2, -0.15) is 0 Å². The van der Waals surface area contributed by atoms with Crippen LogP contribution in [0.3, 0.4) is 0 Å². The lowest BCUT2D eigenvalue weighted by atomic mass is 9.85. The van der Waals surface area contributed by atoms with Gasteiger partial charge in [-0.1, -0.05) is 50.1 Å². The largest absolute Gasteiger partial charge is 0.471 e. The first-order valence-electron chi connectivity index (χ1n) is 17.7. The number of amides is 3. The van der Waals surface area contributed by atoms with Gasteiger partial charge in [-0.15, -0.1) is 6.42 Å². The molecule has 54 heavy (non-hydrogen) atoms. The zero-order chi connectivity index (χ0) is 41.0. The third kappa shape index (κ3) is 22.9. The molecule has 0 spiro atoms. The van der Waals surface area contributed by atoms with E-state index in [1.54, 1.807) is 34.1 Å². The molecule has 2 saturated heterocycles. The molecule has 0 saturated carbocycles. The molecule has 3 amide bonds. The van der Waals surface area contributed by atoms with E-state index >= 15 is 0 Å². The topological polar surface area (TPSA) is 181 Å². The lowest BCUT2D eigenvalue weighted by Gasteiger charge is -2.37. The van der Waals surface area contributed by atoms with Gasteiger partial charge in [0.1, 0.15) is 11.4 Å².